The Morgan fingerprint density at radius 2 is 1.88 bits per heavy atom. The zero-order valence-corrected chi connectivity index (χ0v) is 9.52. The smallest absolute Gasteiger partial charge is 0.354 e. The monoisotopic (exact) mass is 232 g/mol. The lowest BCUT2D eigenvalue weighted by Gasteiger charge is -2.11. The molecular formula is C12H12N2O3. The quantitative estimate of drug-likeness (QED) is 0.823. The molecule has 2 N–H and O–H groups in total. The van der Waals surface area contributed by atoms with E-state index in [1.54, 1.807) is 0 Å². The van der Waals surface area contributed by atoms with Crippen LogP contribution in [0, 0.1) is 13.8 Å². The normalized spacial score (nSPS) is 10.5. The van der Waals surface area contributed by atoms with Gasteiger partial charge in [0.1, 0.15) is 0 Å². The van der Waals surface area contributed by atoms with E-state index in [4.69, 9.17) is 5.11 Å². The third-order valence-electron chi connectivity index (χ3n) is 2.66. The molecule has 0 aliphatic rings. The molecule has 1 aromatic heterocycles. The molecule has 0 fully saturated rings. The minimum absolute atomic E-state index is 0.0626. The van der Waals surface area contributed by atoms with Crippen LogP contribution in [0.15, 0.2) is 29.2 Å². The van der Waals surface area contributed by atoms with Gasteiger partial charge in [-0.05, 0) is 25.0 Å². The highest BCUT2D eigenvalue weighted by atomic mass is 16.4. The molecule has 0 bridgehead atoms. The standard InChI is InChI=1S/C12H12N2O3/c1-7-4-3-5-8(2)10(7)14-9(11(15)16)6-13-12(14)17/h3-6H,1-2H3,(H,13,17)(H,15,16). The summed E-state index contributed by atoms with van der Waals surface area (Å²) in [6, 6.07) is 5.55. The third-order valence-corrected chi connectivity index (χ3v) is 2.66. The van der Waals surface area contributed by atoms with E-state index in [1.165, 1.54) is 10.8 Å². The molecule has 0 saturated carbocycles. The third kappa shape index (κ3) is 1.75. The first-order valence-corrected chi connectivity index (χ1v) is 5.12. The zero-order chi connectivity index (χ0) is 12.6. The Balaban J connectivity index is 2.81. The Morgan fingerprint density at radius 1 is 1.29 bits per heavy atom. The van der Waals surface area contributed by atoms with E-state index in [9.17, 15) is 9.59 Å². The van der Waals surface area contributed by atoms with Gasteiger partial charge in [-0.15, -0.1) is 0 Å². The van der Waals surface area contributed by atoms with Crippen LogP contribution in [-0.4, -0.2) is 20.6 Å². The van der Waals surface area contributed by atoms with Crippen molar-refractivity contribution in [1.29, 1.82) is 0 Å². The molecular weight excluding hydrogens is 220 g/mol. The van der Waals surface area contributed by atoms with E-state index < -0.39 is 11.7 Å². The molecule has 5 heteroatoms. The van der Waals surface area contributed by atoms with E-state index >= 15 is 0 Å². The Bertz CT molecular complexity index is 617. The molecule has 0 aliphatic heterocycles. The highest BCUT2D eigenvalue weighted by Gasteiger charge is 2.17. The van der Waals surface area contributed by atoms with Crippen molar-refractivity contribution in [2.75, 3.05) is 0 Å². The van der Waals surface area contributed by atoms with Gasteiger partial charge in [0.05, 0.1) is 5.69 Å². The van der Waals surface area contributed by atoms with Gasteiger partial charge in [0.2, 0.25) is 0 Å². The van der Waals surface area contributed by atoms with E-state index in [0.717, 1.165) is 11.1 Å². The van der Waals surface area contributed by atoms with Crippen LogP contribution in [0.25, 0.3) is 5.69 Å². The van der Waals surface area contributed by atoms with Gasteiger partial charge in [0.25, 0.3) is 0 Å². The summed E-state index contributed by atoms with van der Waals surface area (Å²) in [5, 5.41) is 9.04. The molecule has 0 radical (unpaired) electrons. The SMILES string of the molecule is Cc1cccc(C)c1-n1c(C(=O)O)c[nH]c1=O. The molecule has 0 amide bonds. The van der Waals surface area contributed by atoms with Crippen molar-refractivity contribution in [2.24, 2.45) is 0 Å². The van der Waals surface area contributed by atoms with Crippen LogP contribution in [0.4, 0.5) is 0 Å². The zero-order valence-electron chi connectivity index (χ0n) is 9.52. The first-order chi connectivity index (χ1) is 8.02. The topological polar surface area (TPSA) is 75.1 Å². The lowest BCUT2D eigenvalue weighted by molar-refractivity contribution is 0.0688. The number of hydrogen-bond donors (Lipinski definition) is 2. The van der Waals surface area contributed by atoms with Crippen LogP contribution in [0.3, 0.4) is 0 Å². The van der Waals surface area contributed by atoms with Crippen LogP contribution in [0.2, 0.25) is 0 Å². The van der Waals surface area contributed by atoms with Crippen molar-refractivity contribution >= 4 is 5.97 Å². The number of aromatic nitrogens is 2. The van der Waals surface area contributed by atoms with Crippen molar-refractivity contribution < 1.29 is 9.90 Å². The molecule has 2 rings (SSSR count). The molecule has 0 aliphatic carbocycles. The fraction of sp³-hybridized carbons (Fsp3) is 0.167. The summed E-state index contributed by atoms with van der Waals surface area (Å²) in [5.41, 5.74) is 1.83. The Morgan fingerprint density at radius 3 is 2.41 bits per heavy atom. The van der Waals surface area contributed by atoms with Gasteiger partial charge >= 0.3 is 11.7 Å². The van der Waals surface area contributed by atoms with Gasteiger partial charge in [-0.25, -0.2) is 9.59 Å². The number of para-hydroxylation sites is 1. The Labute approximate surface area is 97.3 Å². The van der Waals surface area contributed by atoms with Crippen molar-refractivity contribution in [1.82, 2.24) is 9.55 Å². The molecule has 0 atom stereocenters. The number of nitrogens with one attached hydrogen (secondary N) is 1. The van der Waals surface area contributed by atoms with Crippen molar-refractivity contribution in [2.45, 2.75) is 13.8 Å². The fourth-order valence-corrected chi connectivity index (χ4v) is 1.91. The largest absolute Gasteiger partial charge is 0.477 e. The van der Waals surface area contributed by atoms with Crippen LogP contribution in [0.5, 0.6) is 0 Å². The maximum absolute atomic E-state index is 11.7. The number of aromatic amines is 1. The number of carboxylic acids is 1. The maximum atomic E-state index is 11.7. The van der Waals surface area contributed by atoms with Gasteiger partial charge in [-0.1, -0.05) is 18.2 Å². The number of imidazole rings is 1. The van der Waals surface area contributed by atoms with Gasteiger partial charge in [-0.3, -0.25) is 4.57 Å². The Hall–Kier alpha value is -2.30. The minimum atomic E-state index is -1.13. The van der Waals surface area contributed by atoms with E-state index in [-0.39, 0.29) is 5.69 Å². The second kappa shape index (κ2) is 3.93. The number of H-pyrrole nitrogens is 1. The summed E-state index contributed by atoms with van der Waals surface area (Å²) in [6.45, 7) is 3.68. The summed E-state index contributed by atoms with van der Waals surface area (Å²) in [4.78, 5) is 25.1. The second-order valence-corrected chi connectivity index (χ2v) is 3.86. The molecule has 1 aromatic carbocycles. The molecule has 88 valence electrons. The van der Waals surface area contributed by atoms with Crippen LogP contribution in [-0.2, 0) is 0 Å². The lowest BCUT2D eigenvalue weighted by atomic mass is 10.1. The average molecular weight is 232 g/mol. The van der Waals surface area contributed by atoms with Crippen LogP contribution >= 0.6 is 0 Å². The number of nitrogens with zero attached hydrogens (tertiary/aromatic N) is 1. The summed E-state index contributed by atoms with van der Waals surface area (Å²) in [7, 11) is 0. The Kier molecular flexibility index (Phi) is 2.59. The molecule has 0 saturated heterocycles. The number of carbonyl (C=O) groups is 1. The summed E-state index contributed by atoms with van der Waals surface area (Å²) in [5.74, 6) is -1.13. The van der Waals surface area contributed by atoms with Gasteiger partial charge in [-0.2, -0.15) is 0 Å². The molecule has 5 nitrogen and oxygen atoms in total. The average Bonchev–Trinajstić information content (AvgIpc) is 2.61. The highest BCUT2D eigenvalue weighted by molar-refractivity contribution is 5.86. The summed E-state index contributed by atoms with van der Waals surface area (Å²) < 4.78 is 1.19. The van der Waals surface area contributed by atoms with Crippen LogP contribution < -0.4 is 5.69 Å². The van der Waals surface area contributed by atoms with Gasteiger partial charge < -0.3 is 10.1 Å². The van der Waals surface area contributed by atoms with Gasteiger partial charge in [0, 0.05) is 6.20 Å². The molecule has 0 unspecified atom stereocenters. The van der Waals surface area contributed by atoms with E-state index in [2.05, 4.69) is 4.98 Å². The minimum Gasteiger partial charge on any atom is -0.477 e. The van der Waals surface area contributed by atoms with Crippen molar-refractivity contribution in [3.05, 3.63) is 51.7 Å². The number of aromatic carboxylic acids is 1. The molecule has 0 spiro atoms. The summed E-state index contributed by atoms with van der Waals surface area (Å²) in [6.07, 6.45) is 1.20. The van der Waals surface area contributed by atoms with Crippen LogP contribution in [0.1, 0.15) is 21.6 Å². The number of aryl methyl sites for hydroxylation is 2. The number of rotatable bonds is 2. The number of carboxylic acid groups (broad SMARTS) is 1. The summed E-state index contributed by atoms with van der Waals surface area (Å²) >= 11 is 0. The maximum Gasteiger partial charge on any atom is 0.354 e. The fourth-order valence-electron chi connectivity index (χ4n) is 1.91. The predicted octanol–water partition coefficient (Wildman–Crippen LogP) is 1.48. The first-order valence-electron chi connectivity index (χ1n) is 5.12. The second-order valence-electron chi connectivity index (χ2n) is 3.86. The molecule has 1 heterocycles. The first kappa shape index (κ1) is 11.2. The van der Waals surface area contributed by atoms with Crippen molar-refractivity contribution in [3.8, 4) is 5.69 Å². The van der Waals surface area contributed by atoms with Crippen molar-refractivity contribution in [3.63, 3.8) is 0 Å². The van der Waals surface area contributed by atoms with E-state index in [0.29, 0.717) is 5.69 Å². The predicted molar refractivity (Wildman–Crippen MR) is 62.8 cm³/mol. The molecule has 2 aromatic rings. The molecule has 17 heavy (non-hydrogen) atoms. The van der Waals surface area contributed by atoms with E-state index in [1.807, 2.05) is 32.0 Å². The van der Waals surface area contributed by atoms with Gasteiger partial charge in [0.15, 0.2) is 5.69 Å². The number of hydrogen-bond acceptors (Lipinski definition) is 2. The highest BCUT2D eigenvalue weighted by Crippen LogP contribution is 2.18. The number of benzene rings is 1. The lowest BCUT2D eigenvalue weighted by Crippen LogP contribution is -2.20.